The molecule has 0 radical (unpaired) electrons. The number of nitrogens with one attached hydrogen (secondary N) is 2. The number of anilines is 2. The summed E-state index contributed by atoms with van der Waals surface area (Å²) in [4.78, 5) is 11.6. The summed E-state index contributed by atoms with van der Waals surface area (Å²) in [5, 5.41) is 11.5. The first-order chi connectivity index (χ1) is 13.3. The molecule has 0 unspecified atom stereocenters. The number of ketones is 1. The normalized spacial score (nSPS) is 10.6. The van der Waals surface area contributed by atoms with Crippen molar-refractivity contribution in [2.75, 3.05) is 10.6 Å². The molecule has 0 aliphatic carbocycles. The summed E-state index contributed by atoms with van der Waals surface area (Å²) >= 11 is 5.46. The van der Waals surface area contributed by atoms with Crippen LogP contribution in [-0.4, -0.2) is 20.7 Å². The van der Waals surface area contributed by atoms with E-state index in [0.29, 0.717) is 17.2 Å². The van der Waals surface area contributed by atoms with Crippen molar-refractivity contribution in [3.8, 4) is 0 Å². The van der Waals surface area contributed by atoms with Crippen molar-refractivity contribution < 1.29 is 4.79 Å². The molecule has 3 aromatic rings. The molecule has 3 rings (SSSR count). The number of nitrogens with zero attached hydrogens (tertiary/aromatic N) is 2. The fraction of sp³-hybridized carbons (Fsp3) is 0.227. The van der Waals surface area contributed by atoms with Gasteiger partial charge in [-0.3, -0.25) is 9.48 Å². The van der Waals surface area contributed by atoms with E-state index in [1.807, 2.05) is 42.8 Å². The molecule has 28 heavy (non-hydrogen) atoms. The van der Waals surface area contributed by atoms with Gasteiger partial charge in [-0.15, -0.1) is 0 Å². The van der Waals surface area contributed by atoms with Crippen LogP contribution in [-0.2, 0) is 6.54 Å². The summed E-state index contributed by atoms with van der Waals surface area (Å²) in [6, 6.07) is 15.6. The average Bonchev–Trinajstić information content (AvgIpc) is 2.91. The maximum absolute atomic E-state index is 11.6. The fourth-order valence-electron chi connectivity index (χ4n) is 3.07. The molecular formula is C22H24N4OS. The molecule has 0 amide bonds. The van der Waals surface area contributed by atoms with Gasteiger partial charge in [-0.2, -0.15) is 5.10 Å². The second-order valence-electron chi connectivity index (χ2n) is 6.85. The monoisotopic (exact) mass is 392 g/mol. The molecule has 144 valence electrons. The van der Waals surface area contributed by atoms with E-state index in [1.165, 1.54) is 11.1 Å². The predicted molar refractivity (Wildman–Crippen MR) is 118 cm³/mol. The molecule has 1 heterocycles. The summed E-state index contributed by atoms with van der Waals surface area (Å²) in [6.45, 7) is 8.35. The summed E-state index contributed by atoms with van der Waals surface area (Å²) < 4.78 is 1.99. The SMILES string of the molecule is CC(=O)c1cccc(NC(=S)Nc2c(C)nn(Cc3ccccc3C)c2C)c1. The van der Waals surface area contributed by atoms with Crippen molar-refractivity contribution >= 4 is 34.5 Å². The zero-order valence-electron chi connectivity index (χ0n) is 16.5. The largest absolute Gasteiger partial charge is 0.332 e. The minimum Gasteiger partial charge on any atom is -0.332 e. The minimum atomic E-state index is 0.0201. The van der Waals surface area contributed by atoms with Gasteiger partial charge in [0.15, 0.2) is 10.9 Å². The van der Waals surface area contributed by atoms with Crippen LogP contribution in [0.4, 0.5) is 11.4 Å². The highest BCUT2D eigenvalue weighted by molar-refractivity contribution is 7.80. The van der Waals surface area contributed by atoms with E-state index < -0.39 is 0 Å². The highest BCUT2D eigenvalue weighted by Crippen LogP contribution is 2.22. The Balaban J connectivity index is 1.75. The standard InChI is InChI=1S/C22H24N4OS/c1-14-8-5-6-9-19(14)13-26-16(3)21(15(2)25-26)24-22(28)23-20-11-7-10-18(12-20)17(4)27/h5-12H,13H2,1-4H3,(H2,23,24,28). The molecule has 2 N–H and O–H groups in total. The number of aryl methyl sites for hydroxylation is 2. The Kier molecular flexibility index (Phi) is 5.90. The average molecular weight is 393 g/mol. The van der Waals surface area contributed by atoms with E-state index in [4.69, 9.17) is 12.2 Å². The van der Waals surface area contributed by atoms with Crippen molar-refractivity contribution in [3.63, 3.8) is 0 Å². The molecule has 0 aliphatic rings. The van der Waals surface area contributed by atoms with Crippen molar-refractivity contribution in [1.29, 1.82) is 0 Å². The lowest BCUT2D eigenvalue weighted by Gasteiger charge is -2.12. The van der Waals surface area contributed by atoms with Crippen molar-refractivity contribution in [3.05, 3.63) is 76.6 Å². The molecule has 5 nitrogen and oxygen atoms in total. The van der Waals surface area contributed by atoms with Crippen LogP contribution >= 0.6 is 12.2 Å². The van der Waals surface area contributed by atoms with E-state index in [2.05, 4.69) is 34.8 Å². The maximum atomic E-state index is 11.6. The molecule has 0 bridgehead atoms. The van der Waals surface area contributed by atoms with Crippen LogP contribution in [0.15, 0.2) is 48.5 Å². The molecule has 6 heteroatoms. The molecule has 0 saturated heterocycles. The first kappa shape index (κ1) is 19.8. The van der Waals surface area contributed by atoms with Crippen LogP contribution in [0, 0.1) is 20.8 Å². The predicted octanol–water partition coefficient (Wildman–Crippen LogP) is 4.87. The molecule has 0 atom stereocenters. The molecule has 0 spiro atoms. The molecule has 0 saturated carbocycles. The molecule has 0 aliphatic heterocycles. The van der Waals surface area contributed by atoms with Crippen LogP contribution in [0.3, 0.4) is 0 Å². The van der Waals surface area contributed by atoms with Crippen LogP contribution in [0.2, 0.25) is 0 Å². The number of benzene rings is 2. The number of Topliss-reactive ketones (excluding diaryl/α,β-unsaturated/α-hetero) is 1. The van der Waals surface area contributed by atoms with E-state index in [-0.39, 0.29) is 5.78 Å². The Hall–Kier alpha value is -2.99. The van der Waals surface area contributed by atoms with Gasteiger partial charge in [0.1, 0.15) is 0 Å². The van der Waals surface area contributed by atoms with Gasteiger partial charge < -0.3 is 10.6 Å². The number of aromatic nitrogens is 2. The third-order valence-electron chi connectivity index (χ3n) is 4.73. The summed E-state index contributed by atoms with van der Waals surface area (Å²) in [7, 11) is 0. The van der Waals surface area contributed by atoms with Crippen molar-refractivity contribution in [2.45, 2.75) is 34.2 Å². The van der Waals surface area contributed by atoms with E-state index in [1.54, 1.807) is 19.1 Å². The molecule has 2 aromatic carbocycles. The van der Waals surface area contributed by atoms with Crippen LogP contribution < -0.4 is 10.6 Å². The maximum Gasteiger partial charge on any atom is 0.175 e. The highest BCUT2D eigenvalue weighted by atomic mass is 32.1. The van der Waals surface area contributed by atoms with Crippen LogP contribution in [0.1, 0.15) is 39.8 Å². The van der Waals surface area contributed by atoms with Crippen molar-refractivity contribution in [1.82, 2.24) is 9.78 Å². The van der Waals surface area contributed by atoms with Gasteiger partial charge in [-0.25, -0.2) is 0 Å². The minimum absolute atomic E-state index is 0.0201. The van der Waals surface area contributed by atoms with E-state index in [0.717, 1.165) is 22.8 Å². The topological polar surface area (TPSA) is 59.0 Å². The number of rotatable bonds is 5. The number of hydrogen-bond acceptors (Lipinski definition) is 3. The fourth-order valence-corrected chi connectivity index (χ4v) is 3.29. The lowest BCUT2D eigenvalue weighted by molar-refractivity contribution is 0.101. The Bertz CT molecular complexity index is 1040. The van der Waals surface area contributed by atoms with Gasteiger partial charge in [0.05, 0.1) is 23.6 Å². The zero-order valence-corrected chi connectivity index (χ0v) is 17.4. The number of hydrogen-bond donors (Lipinski definition) is 2. The lowest BCUT2D eigenvalue weighted by atomic mass is 10.1. The quantitative estimate of drug-likeness (QED) is 0.479. The molecule has 1 aromatic heterocycles. The Morgan fingerprint density at radius 3 is 2.54 bits per heavy atom. The van der Waals surface area contributed by atoms with Crippen LogP contribution in [0.25, 0.3) is 0 Å². The molecular weight excluding hydrogens is 368 g/mol. The Morgan fingerprint density at radius 1 is 1.07 bits per heavy atom. The second-order valence-corrected chi connectivity index (χ2v) is 7.25. The van der Waals surface area contributed by atoms with E-state index in [9.17, 15) is 4.79 Å². The van der Waals surface area contributed by atoms with Crippen molar-refractivity contribution in [2.24, 2.45) is 0 Å². The number of thiocarbonyl (C=S) groups is 1. The third kappa shape index (κ3) is 4.46. The van der Waals surface area contributed by atoms with Gasteiger partial charge in [0.2, 0.25) is 0 Å². The summed E-state index contributed by atoms with van der Waals surface area (Å²) in [6.07, 6.45) is 0. The summed E-state index contributed by atoms with van der Waals surface area (Å²) in [5.74, 6) is 0.0201. The highest BCUT2D eigenvalue weighted by Gasteiger charge is 2.14. The summed E-state index contributed by atoms with van der Waals surface area (Å²) in [5.41, 5.74) is 6.69. The number of carbonyl (C=O) groups excluding carboxylic acids is 1. The van der Waals surface area contributed by atoms with Gasteiger partial charge >= 0.3 is 0 Å². The van der Waals surface area contributed by atoms with Gasteiger partial charge in [-0.1, -0.05) is 36.4 Å². The second kappa shape index (κ2) is 8.35. The third-order valence-corrected chi connectivity index (χ3v) is 4.93. The molecule has 0 fully saturated rings. The smallest absolute Gasteiger partial charge is 0.175 e. The van der Waals surface area contributed by atoms with Gasteiger partial charge in [-0.05, 0) is 63.2 Å². The van der Waals surface area contributed by atoms with Crippen LogP contribution in [0.5, 0.6) is 0 Å². The Morgan fingerprint density at radius 2 is 1.82 bits per heavy atom. The zero-order chi connectivity index (χ0) is 20.3. The van der Waals surface area contributed by atoms with E-state index >= 15 is 0 Å². The first-order valence-corrected chi connectivity index (χ1v) is 9.53. The lowest BCUT2D eigenvalue weighted by Crippen LogP contribution is -2.20. The number of carbonyl (C=O) groups is 1. The van der Waals surface area contributed by atoms with Gasteiger partial charge in [0, 0.05) is 11.3 Å². The first-order valence-electron chi connectivity index (χ1n) is 9.12. The Labute approximate surface area is 170 Å². The van der Waals surface area contributed by atoms with Gasteiger partial charge in [0.25, 0.3) is 0 Å².